The molecule has 0 spiro atoms. The molecule has 1 aromatic carbocycles. The fourth-order valence-corrected chi connectivity index (χ4v) is 1.90. The SMILES string of the molecule is CC[C@H](NC(=O)OC(C)(C)C)C(=O)Nc1cccc(F)c1C(N)=O. The summed E-state index contributed by atoms with van der Waals surface area (Å²) in [5.74, 6) is -2.46. The first kappa shape index (κ1) is 19.4. The van der Waals surface area contributed by atoms with Gasteiger partial charge in [0, 0.05) is 0 Å². The molecule has 7 nitrogen and oxygen atoms in total. The summed E-state index contributed by atoms with van der Waals surface area (Å²) in [6.07, 6.45) is -0.481. The molecule has 0 aromatic heterocycles. The molecule has 1 rings (SSSR count). The molecular formula is C16H22FN3O4. The van der Waals surface area contributed by atoms with Crippen molar-refractivity contribution in [1.82, 2.24) is 5.32 Å². The number of amides is 3. The summed E-state index contributed by atoms with van der Waals surface area (Å²) in [5, 5.41) is 4.83. The molecule has 0 heterocycles. The zero-order chi connectivity index (χ0) is 18.5. The zero-order valence-electron chi connectivity index (χ0n) is 14.1. The quantitative estimate of drug-likeness (QED) is 0.763. The van der Waals surface area contributed by atoms with Gasteiger partial charge in [-0.25, -0.2) is 9.18 Å². The number of halogens is 1. The van der Waals surface area contributed by atoms with E-state index >= 15 is 0 Å². The number of rotatable bonds is 5. The first-order valence-electron chi connectivity index (χ1n) is 7.44. The molecule has 0 bridgehead atoms. The summed E-state index contributed by atoms with van der Waals surface area (Å²) < 4.78 is 18.8. The van der Waals surface area contributed by atoms with Gasteiger partial charge in [-0.15, -0.1) is 0 Å². The normalized spacial score (nSPS) is 12.2. The van der Waals surface area contributed by atoms with Crippen LogP contribution >= 0.6 is 0 Å². The highest BCUT2D eigenvalue weighted by molar-refractivity contribution is 6.04. The van der Waals surface area contributed by atoms with Crippen LogP contribution in [0.25, 0.3) is 0 Å². The maximum absolute atomic E-state index is 13.7. The minimum Gasteiger partial charge on any atom is -0.444 e. The topological polar surface area (TPSA) is 111 Å². The Morgan fingerprint density at radius 2 is 1.92 bits per heavy atom. The Kier molecular flexibility index (Phi) is 6.27. The molecule has 0 unspecified atom stereocenters. The summed E-state index contributed by atoms with van der Waals surface area (Å²) in [7, 11) is 0. The third-order valence-corrected chi connectivity index (χ3v) is 2.93. The van der Waals surface area contributed by atoms with Crippen LogP contribution in [-0.2, 0) is 9.53 Å². The standard InChI is InChI=1S/C16H22FN3O4/c1-5-10(20-15(23)24-16(2,3)4)14(22)19-11-8-6-7-9(17)12(11)13(18)21/h6-8,10H,5H2,1-4H3,(H2,18,21)(H,19,22)(H,20,23)/t10-/m0/s1. The second-order valence-electron chi connectivity index (χ2n) is 6.12. The van der Waals surface area contributed by atoms with E-state index in [9.17, 15) is 18.8 Å². The van der Waals surface area contributed by atoms with Crippen molar-refractivity contribution < 1.29 is 23.5 Å². The lowest BCUT2D eigenvalue weighted by atomic mass is 10.1. The largest absolute Gasteiger partial charge is 0.444 e. The molecule has 0 saturated carbocycles. The number of carbonyl (C=O) groups is 3. The van der Waals surface area contributed by atoms with Gasteiger partial charge in [-0.3, -0.25) is 9.59 Å². The molecule has 24 heavy (non-hydrogen) atoms. The van der Waals surface area contributed by atoms with Crippen molar-refractivity contribution in [2.75, 3.05) is 5.32 Å². The van der Waals surface area contributed by atoms with E-state index in [2.05, 4.69) is 10.6 Å². The van der Waals surface area contributed by atoms with Crippen LogP contribution in [-0.4, -0.2) is 29.6 Å². The van der Waals surface area contributed by atoms with Gasteiger partial charge < -0.3 is 21.1 Å². The van der Waals surface area contributed by atoms with E-state index in [1.165, 1.54) is 12.1 Å². The van der Waals surface area contributed by atoms with Crippen LogP contribution in [0, 0.1) is 5.82 Å². The average molecular weight is 339 g/mol. The highest BCUT2D eigenvalue weighted by Crippen LogP contribution is 2.19. The van der Waals surface area contributed by atoms with Gasteiger partial charge in [-0.1, -0.05) is 13.0 Å². The van der Waals surface area contributed by atoms with E-state index in [0.717, 1.165) is 6.07 Å². The van der Waals surface area contributed by atoms with Gasteiger partial charge in [0.05, 0.1) is 11.3 Å². The fourth-order valence-electron chi connectivity index (χ4n) is 1.90. The van der Waals surface area contributed by atoms with Crippen molar-refractivity contribution >= 4 is 23.6 Å². The number of alkyl carbamates (subject to hydrolysis) is 1. The van der Waals surface area contributed by atoms with Gasteiger partial charge in [-0.05, 0) is 39.3 Å². The van der Waals surface area contributed by atoms with Crippen molar-refractivity contribution in [2.24, 2.45) is 5.73 Å². The molecule has 1 aromatic rings. The lowest BCUT2D eigenvalue weighted by molar-refractivity contribution is -0.118. The predicted octanol–water partition coefficient (Wildman–Crippen LogP) is 2.17. The van der Waals surface area contributed by atoms with E-state index < -0.39 is 40.9 Å². The third kappa shape index (κ3) is 5.53. The number of nitrogens with one attached hydrogen (secondary N) is 2. The van der Waals surface area contributed by atoms with Crippen LogP contribution < -0.4 is 16.4 Å². The van der Waals surface area contributed by atoms with E-state index in [0.29, 0.717) is 0 Å². The molecule has 3 amide bonds. The molecule has 0 aliphatic carbocycles. The Morgan fingerprint density at radius 3 is 2.42 bits per heavy atom. The van der Waals surface area contributed by atoms with Crippen molar-refractivity contribution in [3.63, 3.8) is 0 Å². The van der Waals surface area contributed by atoms with Crippen molar-refractivity contribution in [3.8, 4) is 0 Å². The smallest absolute Gasteiger partial charge is 0.408 e. The fraction of sp³-hybridized carbons (Fsp3) is 0.438. The van der Waals surface area contributed by atoms with E-state index in [-0.39, 0.29) is 12.1 Å². The summed E-state index contributed by atoms with van der Waals surface area (Å²) in [4.78, 5) is 35.4. The number of primary amides is 1. The van der Waals surface area contributed by atoms with E-state index in [4.69, 9.17) is 10.5 Å². The number of hydrogen-bond acceptors (Lipinski definition) is 4. The van der Waals surface area contributed by atoms with Crippen LogP contribution in [0.1, 0.15) is 44.5 Å². The Hall–Kier alpha value is -2.64. The highest BCUT2D eigenvalue weighted by Gasteiger charge is 2.24. The molecule has 0 fully saturated rings. The molecule has 0 radical (unpaired) electrons. The molecule has 0 aliphatic rings. The molecule has 4 N–H and O–H groups in total. The van der Waals surface area contributed by atoms with Crippen LogP contribution in [0.15, 0.2) is 18.2 Å². The molecule has 0 aliphatic heterocycles. The number of carbonyl (C=O) groups excluding carboxylic acids is 3. The van der Waals surface area contributed by atoms with Crippen LogP contribution in [0.2, 0.25) is 0 Å². The Bertz CT molecular complexity index is 641. The Labute approximate surface area is 139 Å². The molecule has 8 heteroatoms. The second-order valence-corrected chi connectivity index (χ2v) is 6.12. The molecule has 1 atom stereocenters. The summed E-state index contributed by atoms with van der Waals surface area (Å²) >= 11 is 0. The molecular weight excluding hydrogens is 317 g/mol. The minimum atomic E-state index is -1.00. The lowest BCUT2D eigenvalue weighted by Gasteiger charge is -2.23. The van der Waals surface area contributed by atoms with Gasteiger partial charge in [0.1, 0.15) is 17.5 Å². The summed E-state index contributed by atoms with van der Waals surface area (Å²) in [5.41, 5.74) is 3.95. The number of nitrogens with two attached hydrogens (primary N) is 1. The van der Waals surface area contributed by atoms with Gasteiger partial charge in [-0.2, -0.15) is 0 Å². The van der Waals surface area contributed by atoms with Crippen molar-refractivity contribution in [2.45, 2.75) is 45.8 Å². The summed E-state index contributed by atoms with van der Waals surface area (Å²) in [6.45, 7) is 6.76. The maximum atomic E-state index is 13.7. The van der Waals surface area contributed by atoms with Crippen LogP contribution in [0.5, 0.6) is 0 Å². The predicted molar refractivity (Wildman–Crippen MR) is 87.0 cm³/mol. The Balaban J connectivity index is 2.88. The van der Waals surface area contributed by atoms with Gasteiger partial charge in [0.25, 0.3) is 5.91 Å². The lowest BCUT2D eigenvalue weighted by Crippen LogP contribution is -2.45. The second kappa shape index (κ2) is 7.76. The third-order valence-electron chi connectivity index (χ3n) is 2.93. The number of ether oxygens (including phenoxy) is 1. The van der Waals surface area contributed by atoms with E-state index in [1.807, 2.05) is 0 Å². The average Bonchev–Trinajstić information content (AvgIpc) is 2.42. The van der Waals surface area contributed by atoms with Gasteiger partial charge in [0.2, 0.25) is 5.91 Å². The van der Waals surface area contributed by atoms with Crippen LogP contribution in [0.3, 0.4) is 0 Å². The minimum absolute atomic E-state index is 0.0584. The maximum Gasteiger partial charge on any atom is 0.408 e. The number of benzene rings is 1. The Morgan fingerprint density at radius 1 is 1.29 bits per heavy atom. The zero-order valence-corrected chi connectivity index (χ0v) is 14.1. The summed E-state index contributed by atoms with van der Waals surface area (Å²) in [6, 6.07) is 2.83. The van der Waals surface area contributed by atoms with Gasteiger partial charge in [0.15, 0.2) is 0 Å². The van der Waals surface area contributed by atoms with Gasteiger partial charge >= 0.3 is 6.09 Å². The van der Waals surface area contributed by atoms with Crippen LogP contribution in [0.4, 0.5) is 14.9 Å². The monoisotopic (exact) mass is 339 g/mol. The molecule has 0 saturated heterocycles. The van der Waals surface area contributed by atoms with Crippen molar-refractivity contribution in [3.05, 3.63) is 29.6 Å². The van der Waals surface area contributed by atoms with Crippen molar-refractivity contribution in [1.29, 1.82) is 0 Å². The van der Waals surface area contributed by atoms with E-state index in [1.54, 1.807) is 27.7 Å². The first-order valence-corrected chi connectivity index (χ1v) is 7.44. The first-order chi connectivity index (χ1) is 11.0. The number of anilines is 1. The molecule has 132 valence electrons. The number of hydrogen-bond donors (Lipinski definition) is 3. The highest BCUT2D eigenvalue weighted by atomic mass is 19.1.